The Morgan fingerprint density at radius 3 is 2.67 bits per heavy atom. The summed E-state index contributed by atoms with van der Waals surface area (Å²) < 4.78 is 15.3. The van der Waals surface area contributed by atoms with Gasteiger partial charge < -0.3 is 19.5 Å². The van der Waals surface area contributed by atoms with Crippen molar-refractivity contribution >= 4 is 5.91 Å². The zero-order valence-electron chi connectivity index (χ0n) is 9.54. The predicted molar refractivity (Wildman–Crippen MR) is 54.4 cm³/mol. The Morgan fingerprint density at radius 2 is 2.20 bits per heavy atom. The lowest BCUT2D eigenvalue weighted by atomic mass is 10.0. The maximum Gasteiger partial charge on any atom is 0.252 e. The molecule has 1 N–H and O–H groups in total. The summed E-state index contributed by atoms with van der Waals surface area (Å²) in [7, 11) is 3.07. The molecule has 0 aromatic rings. The summed E-state index contributed by atoms with van der Waals surface area (Å²) >= 11 is 0. The van der Waals surface area contributed by atoms with E-state index in [1.54, 1.807) is 0 Å². The number of methoxy groups -OCH3 is 2. The second-order valence-corrected chi connectivity index (χ2v) is 3.79. The van der Waals surface area contributed by atoms with Gasteiger partial charge in [0.2, 0.25) is 0 Å². The average Bonchev–Trinajstić information content (AvgIpc) is 2.68. The Bertz CT molecular complexity index is 209. The van der Waals surface area contributed by atoms with Gasteiger partial charge in [0.05, 0.1) is 6.54 Å². The van der Waals surface area contributed by atoms with Crippen molar-refractivity contribution in [2.45, 2.75) is 31.7 Å². The molecule has 0 spiro atoms. The molecule has 1 aliphatic rings. The van der Waals surface area contributed by atoms with Gasteiger partial charge in [-0.2, -0.15) is 0 Å². The summed E-state index contributed by atoms with van der Waals surface area (Å²) in [6.45, 7) is 2.80. The van der Waals surface area contributed by atoms with Crippen LogP contribution in [-0.2, 0) is 19.0 Å². The summed E-state index contributed by atoms with van der Waals surface area (Å²) in [4.78, 5) is 11.8. The van der Waals surface area contributed by atoms with E-state index in [0.29, 0.717) is 13.2 Å². The summed E-state index contributed by atoms with van der Waals surface area (Å²) in [5.74, 6) is -0.0981. The summed E-state index contributed by atoms with van der Waals surface area (Å²) in [5.41, 5.74) is -0.675. The van der Waals surface area contributed by atoms with Crippen LogP contribution < -0.4 is 5.32 Å². The zero-order chi connectivity index (χ0) is 11.3. The first-order chi connectivity index (χ1) is 7.12. The van der Waals surface area contributed by atoms with Gasteiger partial charge in [-0.1, -0.05) is 0 Å². The van der Waals surface area contributed by atoms with Crippen LogP contribution in [0.3, 0.4) is 0 Å². The lowest BCUT2D eigenvalue weighted by Gasteiger charge is -2.23. The minimum Gasteiger partial charge on any atom is -0.365 e. The standard InChI is InChI=1S/C10H19NO4/c1-10(5-4-6-15-10)9(12)11-7-8(13-2)14-3/h8H,4-7H2,1-3H3,(H,11,12). The summed E-state index contributed by atoms with van der Waals surface area (Å²) in [5, 5.41) is 2.75. The molecule has 5 nitrogen and oxygen atoms in total. The zero-order valence-corrected chi connectivity index (χ0v) is 9.54. The maximum absolute atomic E-state index is 11.8. The average molecular weight is 217 g/mol. The molecule has 1 unspecified atom stereocenters. The summed E-state index contributed by atoms with van der Waals surface area (Å²) in [6, 6.07) is 0. The molecule has 1 heterocycles. The van der Waals surface area contributed by atoms with Crippen molar-refractivity contribution in [3.63, 3.8) is 0 Å². The molecule has 1 rings (SSSR count). The molecule has 5 heteroatoms. The van der Waals surface area contributed by atoms with Crippen LogP contribution in [0.15, 0.2) is 0 Å². The van der Waals surface area contributed by atoms with Gasteiger partial charge in [-0.25, -0.2) is 0 Å². The fourth-order valence-electron chi connectivity index (χ4n) is 1.58. The monoisotopic (exact) mass is 217 g/mol. The third kappa shape index (κ3) is 3.15. The van der Waals surface area contributed by atoms with E-state index < -0.39 is 11.9 Å². The molecule has 0 aliphatic carbocycles. The molecule has 0 saturated carbocycles. The molecular formula is C10H19NO4. The first-order valence-corrected chi connectivity index (χ1v) is 5.10. The number of rotatable bonds is 5. The Labute approximate surface area is 90.1 Å². The van der Waals surface area contributed by atoms with E-state index in [-0.39, 0.29) is 5.91 Å². The van der Waals surface area contributed by atoms with Crippen LogP contribution in [0.1, 0.15) is 19.8 Å². The van der Waals surface area contributed by atoms with Crippen LogP contribution in [0.5, 0.6) is 0 Å². The molecule has 1 amide bonds. The second kappa shape index (κ2) is 5.44. The first-order valence-electron chi connectivity index (χ1n) is 5.10. The number of hydrogen-bond donors (Lipinski definition) is 1. The minimum absolute atomic E-state index is 0.0981. The number of hydrogen-bond acceptors (Lipinski definition) is 4. The highest BCUT2D eigenvalue weighted by molar-refractivity contribution is 5.84. The van der Waals surface area contributed by atoms with Crippen molar-refractivity contribution in [3.05, 3.63) is 0 Å². The van der Waals surface area contributed by atoms with Gasteiger partial charge >= 0.3 is 0 Å². The van der Waals surface area contributed by atoms with E-state index in [1.807, 2.05) is 6.92 Å². The predicted octanol–water partition coefficient (Wildman–Crippen LogP) is 0.291. The van der Waals surface area contributed by atoms with Crippen LogP contribution in [0, 0.1) is 0 Å². The van der Waals surface area contributed by atoms with E-state index >= 15 is 0 Å². The SMILES string of the molecule is COC(CNC(=O)C1(C)CCCO1)OC. The highest BCUT2D eigenvalue weighted by Gasteiger charge is 2.37. The molecule has 88 valence electrons. The summed E-state index contributed by atoms with van der Waals surface area (Å²) in [6.07, 6.45) is 1.30. The highest BCUT2D eigenvalue weighted by Crippen LogP contribution is 2.24. The fourth-order valence-corrected chi connectivity index (χ4v) is 1.58. The quantitative estimate of drug-likeness (QED) is 0.672. The molecule has 1 fully saturated rings. The van der Waals surface area contributed by atoms with Crippen molar-refractivity contribution in [1.29, 1.82) is 0 Å². The maximum atomic E-state index is 11.8. The van der Waals surface area contributed by atoms with Crippen LogP contribution in [0.2, 0.25) is 0 Å². The third-order valence-electron chi connectivity index (χ3n) is 2.65. The number of carbonyl (C=O) groups excluding carboxylic acids is 1. The van der Waals surface area contributed by atoms with Crippen molar-refractivity contribution in [1.82, 2.24) is 5.32 Å². The normalized spacial score (nSPS) is 25.9. The van der Waals surface area contributed by atoms with Gasteiger partial charge in [-0.05, 0) is 19.8 Å². The highest BCUT2D eigenvalue weighted by atomic mass is 16.7. The minimum atomic E-state index is -0.675. The van der Waals surface area contributed by atoms with E-state index in [4.69, 9.17) is 14.2 Å². The van der Waals surface area contributed by atoms with Crippen LogP contribution in [-0.4, -0.2) is 45.2 Å². The van der Waals surface area contributed by atoms with Gasteiger partial charge in [0.25, 0.3) is 5.91 Å². The van der Waals surface area contributed by atoms with Crippen molar-refractivity contribution in [2.24, 2.45) is 0 Å². The number of ether oxygens (including phenoxy) is 3. The fraction of sp³-hybridized carbons (Fsp3) is 0.900. The van der Waals surface area contributed by atoms with E-state index in [2.05, 4.69) is 5.32 Å². The second-order valence-electron chi connectivity index (χ2n) is 3.79. The number of carbonyl (C=O) groups is 1. The molecule has 0 aromatic heterocycles. The lowest BCUT2D eigenvalue weighted by Crippen LogP contribution is -2.46. The molecule has 1 saturated heterocycles. The van der Waals surface area contributed by atoms with Gasteiger partial charge in [0.1, 0.15) is 5.60 Å². The molecule has 1 aliphatic heterocycles. The van der Waals surface area contributed by atoms with E-state index in [0.717, 1.165) is 12.8 Å². The van der Waals surface area contributed by atoms with Gasteiger partial charge in [-0.15, -0.1) is 0 Å². The van der Waals surface area contributed by atoms with Crippen molar-refractivity contribution in [2.75, 3.05) is 27.4 Å². The Morgan fingerprint density at radius 1 is 1.53 bits per heavy atom. The largest absolute Gasteiger partial charge is 0.365 e. The first kappa shape index (κ1) is 12.4. The lowest BCUT2D eigenvalue weighted by molar-refractivity contribution is -0.144. The van der Waals surface area contributed by atoms with Crippen LogP contribution >= 0.6 is 0 Å². The van der Waals surface area contributed by atoms with Gasteiger partial charge in [0.15, 0.2) is 6.29 Å². The van der Waals surface area contributed by atoms with Crippen LogP contribution in [0.25, 0.3) is 0 Å². The van der Waals surface area contributed by atoms with E-state index in [1.165, 1.54) is 14.2 Å². The molecule has 0 aromatic carbocycles. The number of nitrogens with one attached hydrogen (secondary N) is 1. The molecule has 0 radical (unpaired) electrons. The van der Waals surface area contributed by atoms with Crippen LogP contribution in [0.4, 0.5) is 0 Å². The Balaban J connectivity index is 2.35. The van der Waals surface area contributed by atoms with Crippen molar-refractivity contribution < 1.29 is 19.0 Å². The topological polar surface area (TPSA) is 56.8 Å². The molecule has 1 atom stereocenters. The third-order valence-corrected chi connectivity index (χ3v) is 2.65. The Kier molecular flexibility index (Phi) is 4.50. The van der Waals surface area contributed by atoms with E-state index in [9.17, 15) is 4.79 Å². The van der Waals surface area contributed by atoms with Gasteiger partial charge in [-0.3, -0.25) is 4.79 Å². The van der Waals surface area contributed by atoms with Gasteiger partial charge in [0, 0.05) is 20.8 Å². The molecule has 15 heavy (non-hydrogen) atoms. The molecular weight excluding hydrogens is 198 g/mol. The van der Waals surface area contributed by atoms with Crippen molar-refractivity contribution in [3.8, 4) is 0 Å². The smallest absolute Gasteiger partial charge is 0.252 e. The Hall–Kier alpha value is -0.650. The number of amides is 1. The molecule has 0 bridgehead atoms.